The average Bonchev–Trinajstić information content (AvgIpc) is 2.55. The summed E-state index contributed by atoms with van der Waals surface area (Å²) in [5, 5.41) is 9.17. The molecule has 1 aliphatic heterocycles. The number of carbonyl (C=O) groups is 2. The van der Waals surface area contributed by atoms with Crippen molar-refractivity contribution in [3.63, 3.8) is 0 Å². The monoisotopic (exact) mass is 378 g/mol. The van der Waals surface area contributed by atoms with E-state index in [0.717, 1.165) is 4.90 Å². The van der Waals surface area contributed by atoms with Gasteiger partial charge in [-0.2, -0.15) is 0 Å². The van der Waals surface area contributed by atoms with Crippen molar-refractivity contribution in [2.24, 2.45) is 4.99 Å². The first-order valence-corrected chi connectivity index (χ1v) is 8.73. The summed E-state index contributed by atoms with van der Waals surface area (Å²) in [6.45, 7) is 1.04. The Kier molecular flexibility index (Phi) is 6.78. The third-order valence-corrected chi connectivity index (χ3v) is 4.45. The molecule has 0 bridgehead atoms. The predicted octanol–water partition coefficient (Wildman–Crippen LogP) is 1.74. The first-order chi connectivity index (χ1) is 11.5. The fourth-order valence-electron chi connectivity index (χ4n) is 2.05. The van der Waals surface area contributed by atoms with Gasteiger partial charge in [-0.1, -0.05) is 0 Å². The summed E-state index contributed by atoms with van der Waals surface area (Å²) in [4.78, 5) is 30.7. The molecule has 5 nitrogen and oxygen atoms in total. The van der Waals surface area contributed by atoms with Crippen LogP contribution < -0.4 is 0 Å². The molecule has 2 rings (SSSR count). The van der Waals surface area contributed by atoms with Crippen LogP contribution in [0.1, 0.15) is 0 Å². The molecule has 1 aliphatic rings. The molecule has 0 atom stereocenters. The molecular weight excluding hydrogens is 363 g/mol. The van der Waals surface area contributed by atoms with E-state index in [9.17, 15) is 14.7 Å². The van der Waals surface area contributed by atoms with Crippen molar-refractivity contribution >= 4 is 34.1 Å². The van der Waals surface area contributed by atoms with Crippen LogP contribution in [-0.2, 0) is 26.6 Å². The first kappa shape index (κ1) is 18.5. The van der Waals surface area contributed by atoms with Crippen molar-refractivity contribution in [1.82, 2.24) is 4.90 Å². The summed E-state index contributed by atoms with van der Waals surface area (Å²) in [5.74, 6) is -1.41. The van der Waals surface area contributed by atoms with Crippen LogP contribution in [0, 0.1) is 6.08 Å². The number of amides is 1. The molecule has 7 heteroatoms. The van der Waals surface area contributed by atoms with Gasteiger partial charge < -0.3 is 0 Å². The van der Waals surface area contributed by atoms with Gasteiger partial charge in [0.25, 0.3) is 0 Å². The Morgan fingerprint density at radius 2 is 2.12 bits per heavy atom. The second kappa shape index (κ2) is 8.82. The number of aliphatic imine (C=N–C) groups is 1. The van der Waals surface area contributed by atoms with E-state index in [2.05, 4.69) is 28.0 Å². The van der Waals surface area contributed by atoms with E-state index in [4.69, 9.17) is 0 Å². The molecule has 0 fully saturated rings. The van der Waals surface area contributed by atoms with E-state index < -0.39 is 5.97 Å². The van der Waals surface area contributed by atoms with E-state index >= 15 is 0 Å². The molecule has 1 N–H and O–H groups in total. The van der Waals surface area contributed by atoms with E-state index in [0.29, 0.717) is 23.6 Å². The van der Waals surface area contributed by atoms with Gasteiger partial charge in [0, 0.05) is 0 Å². The van der Waals surface area contributed by atoms with Gasteiger partial charge in [0.05, 0.1) is 0 Å². The van der Waals surface area contributed by atoms with Crippen LogP contribution >= 0.6 is 11.8 Å². The number of carboxylic acids is 1. The zero-order valence-corrected chi connectivity index (χ0v) is 15.2. The third kappa shape index (κ3) is 4.80. The van der Waals surface area contributed by atoms with Crippen LogP contribution in [0.5, 0.6) is 0 Å². The van der Waals surface area contributed by atoms with Crippen molar-refractivity contribution in [2.75, 3.05) is 20.1 Å². The van der Waals surface area contributed by atoms with Crippen molar-refractivity contribution in [3.05, 3.63) is 53.0 Å². The van der Waals surface area contributed by atoms with Crippen LogP contribution in [0.25, 0.3) is 0 Å². The molecule has 24 heavy (non-hydrogen) atoms. The van der Waals surface area contributed by atoms with Gasteiger partial charge in [0.15, 0.2) is 0 Å². The number of thioether (sulfide) groups is 1. The number of benzene rings is 1. The summed E-state index contributed by atoms with van der Waals surface area (Å²) in [6.07, 6.45) is 4.07. The zero-order chi connectivity index (χ0) is 17.5. The summed E-state index contributed by atoms with van der Waals surface area (Å²) >= 11 is 3.51. The number of carboxylic acid groups (broad SMARTS) is 1. The molecule has 1 aromatic rings. The Hall–Kier alpha value is -1.89. The summed E-state index contributed by atoms with van der Waals surface area (Å²) in [7, 11) is 1.70. The van der Waals surface area contributed by atoms with E-state index in [1.807, 2.05) is 30.3 Å². The van der Waals surface area contributed by atoms with E-state index in [-0.39, 0.29) is 11.6 Å². The Bertz CT molecular complexity index is 741. The molecule has 1 amide bonds. The normalized spacial score (nSPS) is 15.9. The fourth-order valence-corrected chi connectivity index (χ4v) is 3.22. The molecule has 0 aliphatic carbocycles. The Morgan fingerprint density at radius 3 is 2.75 bits per heavy atom. The van der Waals surface area contributed by atoms with Gasteiger partial charge in [-0.25, -0.2) is 0 Å². The van der Waals surface area contributed by atoms with Gasteiger partial charge >= 0.3 is 154 Å². The topological polar surface area (TPSA) is 70.0 Å². The van der Waals surface area contributed by atoms with Crippen LogP contribution in [0.15, 0.2) is 56.8 Å². The number of hydrogen-bond donors (Lipinski definition) is 1. The second-order valence-corrected chi connectivity index (χ2v) is 6.41. The minimum absolute atomic E-state index is 0.222. The van der Waals surface area contributed by atoms with Crippen molar-refractivity contribution in [2.45, 2.75) is 4.90 Å². The Morgan fingerprint density at radius 1 is 1.42 bits per heavy atom. The molecule has 0 radical (unpaired) electrons. The van der Waals surface area contributed by atoms with Gasteiger partial charge in [0.1, 0.15) is 0 Å². The van der Waals surface area contributed by atoms with Crippen LogP contribution in [-0.4, -0.2) is 52.5 Å². The van der Waals surface area contributed by atoms with Crippen LogP contribution in [0.3, 0.4) is 0 Å². The molecule has 0 saturated heterocycles. The molecule has 0 unspecified atom stereocenters. The predicted molar refractivity (Wildman–Crippen MR) is 90.8 cm³/mol. The van der Waals surface area contributed by atoms with Crippen LogP contribution in [0.2, 0.25) is 0 Å². The van der Waals surface area contributed by atoms with Crippen LogP contribution in [0.4, 0.5) is 0 Å². The fraction of sp³-hybridized carbons (Fsp3) is 0.176. The standard InChI is InChI=1S/C17H15N2O3S.V/c1-3-13(16-17(22)19(2)10-9-18-16)14(11-15(20)21)23-12-7-5-4-6-8-12;/h1,3-8H,9-10H2,2H3,(H,20,21);/q-1;/b13-3+;. The quantitative estimate of drug-likeness (QED) is 0.354. The molecule has 0 aromatic heterocycles. The summed E-state index contributed by atoms with van der Waals surface area (Å²) in [5.41, 5.74) is 0.724. The van der Waals surface area contributed by atoms with Gasteiger partial charge in [-0.15, -0.1) is 0 Å². The number of nitrogens with zero attached hydrogens (tertiary/aromatic N) is 2. The van der Waals surface area contributed by atoms with Gasteiger partial charge in [-0.3, -0.25) is 0 Å². The SMILES string of the molecule is CN1CCN=C(/C(=C/[CH]=[V])C(=[C-]C(=O)O)Sc2ccccc2)C1=O. The third-order valence-electron chi connectivity index (χ3n) is 3.18. The van der Waals surface area contributed by atoms with E-state index in [1.54, 1.807) is 22.8 Å². The first-order valence-electron chi connectivity index (χ1n) is 7.11. The van der Waals surface area contributed by atoms with Crippen molar-refractivity contribution in [1.29, 1.82) is 0 Å². The summed E-state index contributed by atoms with van der Waals surface area (Å²) in [6, 6.07) is 9.35. The zero-order valence-electron chi connectivity index (χ0n) is 13.0. The number of carbonyl (C=O) groups excluding carboxylic acids is 1. The molecule has 123 valence electrons. The molecule has 1 heterocycles. The second-order valence-electron chi connectivity index (χ2n) is 4.86. The summed E-state index contributed by atoms with van der Waals surface area (Å²) < 4.78 is 1.70. The molecule has 0 saturated carbocycles. The number of hydrogen-bond acceptors (Lipinski definition) is 4. The average molecular weight is 378 g/mol. The number of rotatable bonds is 6. The maximum atomic E-state index is 12.4. The van der Waals surface area contributed by atoms with Crippen molar-refractivity contribution < 1.29 is 31.7 Å². The molecule has 1 aromatic carbocycles. The number of aliphatic carboxylic acids is 1. The van der Waals surface area contributed by atoms with Gasteiger partial charge in [0.2, 0.25) is 0 Å². The number of allylic oxidation sites excluding steroid dienone is 2. The van der Waals surface area contributed by atoms with Crippen molar-refractivity contribution in [3.8, 4) is 0 Å². The van der Waals surface area contributed by atoms with Gasteiger partial charge in [-0.05, 0) is 0 Å². The Labute approximate surface area is 153 Å². The molecule has 0 spiro atoms. The maximum absolute atomic E-state index is 12.4. The van der Waals surface area contributed by atoms with E-state index in [1.165, 1.54) is 11.8 Å². The number of likely N-dealkylation sites (N-methyl/N-ethyl adjacent to an activating group) is 1. The minimum atomic E-state index is -1.19. The Balaban J connectivity index is 2.46. The molecular formula is C17H15N2O3SV-.